The van der Waals surface area contributed by atoms with Crippen LogP contribution in [0.5, 0.6) is 0 Å². The lowest BCUT2D eigenvalue weighted by Gasteiger charge is -2.13. The van der Waals surface area contributed by atoms with Gasteiger partial charge in [-0.1, -0.05) is 23.4 Å². The maximum atomic E-state index is 12.9. The number of anilines is 1. The fourth-order valence-corrected chi connectivity index (χ4v) is 3.37. The zero-order valence-corrected chi connectivity index (χ0v) is 17.3. The summed E-state index contributed by atoms with van der Waals surface area (Å²) in [4.78, 5) is 29.7. The lowest BCUT2D eigenvalue weighted by atomic mass is 10.1. The van der Waals surface area contributed by atoms with E-state index in [1.807, 2.05) is 12.1 Å². The second-order valence-corrected chi connectivity index (χ2v) is 7.67. The normalized spacial score (nSPS) is 13.4. The van der Waals surface area contributed by atoms with Gasteiger partial charge in [0.05, 0.1) is 18.3 Å². The van der Waals surface area contributed by atoms with E-state index in [2.05, 4.69) is 27.4 Å². The monoisotopic (exact) mass is 437 g/mol. The molecular weight excluding hydrogens is 418 g/mol. The van der Waals surface area contributed by atoms with Crippen LogP contribution in [0.4, 0.5) is 5.82 Å². The molecule has 1 aliphatic rings. The summed E-state index contributed by atoms with van der Waals surface area (Å²) in [6.07, 6.45) is 5.37. The van der Waals surface area contributed by atoms with Gasteiger partial charge in [-0.15, -0.1) is 0 Å². The van der Waals surface area contributed by atoms with Crippen molar-refractivity contribution in [2.24, 2.45) is 11.0 Å². The number of hydrogen-bond donors (Lipinski definition) is 2. The van der Waals surface area contributed by atoms with Crippen LogP contribution in [0.1, 0.15) is 18.4 Å². The van der Waals surface area contributed by atoms with Crippen LogP contribution >= 0.6 is 11.6 Å². The highest BCUT2D eigenvalue weighted by Crippen LogP contribution is 2.30. The molecule has 0 radical (unpaired) electrons. The average Bonchev–Trinajstić information content (AvgIpc) is 3.57. The van der Waals surface area contributed by atoms with Gasteiger partial charge >= 0.3 is 5.69 Å². The molecule has 1 saturated carbocycles. The number of aliphatic hydroxyl groups is 1. The Hall–Kier alpha value is -3.41. The van der Waals surface area contributed by atoms with Gasteiger partial charge in [-0.05, 0) is 43.0 Å². The molecule has 0 saturated heterocycles. The van der Waals surface area contributed by atoms with Crippen LogP contribution in [0.15, 0.2) is 51.2 Å². The van der Waals surface area contributed by atoms with Crippen molar-refractivity contribution >= 4 is 34.5 Å². The average molecular weight is 438 g/mol. The van der Waals surface area contributed by atoms with Crippen molar-refractivity contribution in [1.29, 1.82) is 0 Å². The third-order valence-electron chi connectivity index (χ3n) is 4.98. The fourth-order valence-electron chi connectivity index (χ4n) is 3.20. The van der Waals surface area contributed by atoms with Crippen LogP contribution in [-0.2, 0) is 13.1 Å². The number of halogens is 1. The zero-order chi connectivity index (χ0) is 21.8. The maximum Gasteiger partial charge on any atom is 0.333 e. The van der Waals surface area contributed by atoms with Gasteiger partial charge in [-0.2, -0.15) is 5.10 Å². The predicted molar refractivity (Wildman–Crippen MR) is 121 cm³/mol. The lowest BCUT2D eigenvalue weighted by Crippen LogP contribution is -2.40. The SMILES string of the molecule is O=c1cc(N/N=C/c2ccnc3ccc(Cl)cc23)n(CC2CC2)c(=O)n1CC#CCO. The molecule has 1 aliphatic carbocycles. The minimum atomic E-state index is -0.483. The van der Waals surface area contributed by atoms with Crippen molar-refractivity contribution in [2.45, 2.75) is 25.9 Å². The van der Waals surface area contributed by atoms with E-state index in [1.165, 1.54) is 10.6 Å². The maximum absolute atomic E-state index is 12.9. The quantitative estimate of drug-likeness (QED) is 0.349. The van der Waals surface area contributed by atoms with E-state index in [0.717, 1.165) is 33.9 Å². The first-order valence-electron chi connectivity index (χ1n) is 9.81. The van der Waals surface area contributed by atoms with Gasteiger partial charge in [0, 0.05) is 34.8 Å². The molecule has 3 aromatic rings. The molecule has 8 nitrogen and oxygen atoms in total. The number of aromatic nitrogens is 3. The van der Waals surface area contributed by atoms with E-state index < -0.39 is 11.2 Å². The second kappa shape index (κ2) is 9.16. The number of pyridine rings is 1. The number of benzene rings is 1. The van der Waals surface area contributed by atoms with Crippen LogP contribution in [0.3, 0.4) is 0 Å². The highest BCUT2D eigenvalue weighted by molar-refractivity contribution is 6.31. The summed E-state index contributed by atoms with van der Waals surface area (Å²) in [6, 6.07) is 8.55. The second-order valence-electron chi connectivity index (χ2n) is 7.23. The summed E-state index contributed by atoms with van der Waals surface area (Å²) in [6.45, 7) is 0.0999. The van der Waals surface area contributed by atoms with Gasteiger partial charge in [0.2, 0.25) is 0 Å². The number of nitrogens with one attached hydrogen (secondary N) is 1. The van der Waals surface area contributed by atoms with Crippen molar-refractivity contribution in [1.82, 2.24) is 14.1 Å². The van der Waals surface area contributed by atoms with Crippen molar-refractivity contribution < 1.29 is 5.11 Å². The Bertz CT molecular complexity index is 1330. The molecule has 1 fully saturated rings. The minimum Gasteiger partial charge on any atom is -0.384 e. The van der Waals surface area contributed by atoms with E-state index in [4.69, 9.17) is 16.7 Å². The van der Waals surface area contributed by atoms with Crippen molar-refractivity contribution in [3.8, 4) is 11.8 Å². The molecule has 158 valence electrons. The number of nitrogens with zero attached hydrogens (tertiary/aromatic N) is 4. The van der Waals surface area contributed by atoms with Crippen molar-refractivity contribution in [3.63, 3.8) is 0 Å². The predicted octanol–water partition coefficient (Wildman–Crippen LogP) is 2.06. The standard InChI is InChI=1S/C22H20ClN5O3/c23-17-5-6-19-18(11-17)16(7-8-24-19)13-25-26-20-12-21(30)27(9-1-2-10-29)22(31)28(20)14-15-3-4-15/h5-8,11-13,15,26,29H,3-4,9-10,14H2/b25-13+. The summed E-state index contributed by atoms with van der Waals surface area (Å²) < 4.78 is 2.57. The van der Waals surface area contributed by atoms with Crippen LogP contribution in [0, 0.1) is 17.8 Å². The van der Waals surface area contributed by atoms with Gasteiger partial charge in [0.25, 0.3) is 5.56 Å². The first-order valence-corrected chi connectivity index (χ1v) is 10.2. The fraction of sp³-hybridized carbons (Fsp3) is 0.273. The highest BCUT2D eigenvalue weighted by atomic mass is 35.5. The van der Waals surface area contributed by atoms with Crippen LogP contribution in [0.25, 0.3) is 10.9 Å². The molecule has 2 N–H and O–H groups in total. The van der Waals surface area contributed by atoms with Crippen molar-refractivity contribution in [3.05, 3.63) is 68.0 Å². The van der Waals surface area contributed by atoms with Gasteiger partial charge in [0.1, 0.15) is 12.4 Å². The van der Waals surface area contributed by atoms with E-state index in [1.54, 1.807) is 24.5 Å². The van der Waals surface area contributed by atoms with Crippen LogP contribution < -0.4 is 16.7 Å². The molecule has 2 heterocycles. The Labute approximate surface area is 182 Å². The molecule has 4 rings (SSSR count). The molecule has 0 atom stereocenters. The molecule has 0 bridgehead atoms. The summed E-state index contributed by atoms with van der Waals surface area (Å²) in [5.41, 5.74) is 3.48. The number of aliphatic hydroxyl groups excluding tert-OH is 1. The first kappa shape index (κ1) is 20.8. The molecule has 31 heavy (non-hydrogen) atoms. The summed E-state index contributed by atoms with van der Waals surface area (Å²) in [5.74, 6) is 5.80. The Morgan fingerprint density at radius 2 is 2.06 bits per heavy atom. The molecule has 0 amide bonds. The molecule has 9 heteroatoms. The smallest absolute Gasteiger partial charge is 0.333 e. The Balaban J connectivity index is 1.66. The molecule has 1 aromatic carbocycles. The van der Waals surface area contributed by atoms with Crippen LogP contribution in [-0.4, -0.2) is 32.0 Å². The van der Waals surface area contributed by atoms with Crippen LogP contribution in [0.2, 0.25) is 5.02 Å². The third-order valence-corrected chi connectivity index (χ3v) is 5.21. The van der Waals surface area contributed by atoms with Gasteiger partial charge in [-0.3, -0.25) is 19.8 Å². The summed E-state index contributed by atoms with van der Waals surface area (Å²) in [7, 11) is 0. The lowest BCUT2D eigenvalue weighted by molar-refractivity contribution is 0.350. The minimum absolute atomic E-state index is 0.0732. The van der Waals surface area contributed by atoms with Gasteiger partial charge < -0.3 is 5.11 Å². The molecule has 0 aliphatic heterocycles. The van der Waals surface area contributed by atoms with E-state index in [-0.39, 0.29) is 13.2 Å². The molecule has 0 spiro atoms. The molecular formula is C22H20ClN5O3. The number of hydrogen-bond acceptors (Lipinski definition) is 6. The van der Waals surface area contributed by atoms with E-state index >= 15 is 0 Å². The Morgan fingerprint density at radius 3 is 2.84 bits per heavy atom. The van der Waals surface area contributed by atoms with E-state index in [0.29, 0.717) is 23.3 Å². The molecule has 2 aromatic heterocycles. The van der Waals surface area contributed by atoms with E-state index in [9.17, 15) is 9.59 Å². The first-order chi connectivity index (χ1) is 15.1. The highest BCUT2D eigenvalue weighted by Gasteiger charge is 2.24. The van der Waals surface area contributed by atoms with Crippen molar-refractivity contribution in [2.75, 3.05) is 12.0 Å². The topological polar surface area (TPSA) is 102 Å². The Morgan fingerprint density at radius 1 is 1.23 bits per heavy atom. The third kappa shape index (κ3) is 4.85. The number of fused-ring (bicyclic) bond motifs is 1. The summed E-state index contributed by atoms with van der Waals surface area (Å²) >= 11 is 6.10. The van der Waals surface area contributed by atoms with Gasteiger partial charge in [-0.25, -0.2) is 9.36 Å². The van der Waals surface area contributed by atoms with Gasteiger partial charge in [0.15, 0.2) is 0 Å². The largest absolute Gasteiger partial charge is 0.384 e. The number of hydrazone groups is 1. The summed E-state index contributed by atoms with van der Waals surface area (Å²) in [5, 5.41) is 14.5. The zero-order valence-electron chi connectivity index (χ0n) is 16.6. The molecule has 0 unspecified atom stereocenters. The Kier molecular flexibility index (Phi) is 6.16. The number of rotatable bonds is 6.